The summed E-state index contributed by atoms with van der Waals surface area (Å²) in [7, 11) is 3.59. The van der Waals surface area contributed by atoms with E-state index in [0.29, 0.717) is 11.1 Å². The minimum atomic E-state index is -0.417. The van der Waals surface area contributed by atoms with Gasteiger partial charge in [-0.25, -0.2) is 4.39 Å². The second kappa shape index (κ2) is 6.80. The topological polar surface area (TPSA) is 29.5 Å². The monoisotopic (exact) mass is 313 g/mol. The molecule has 0 aliphatic heterocycles. The molecule has 0 aliphatic carbocycles. The number of fused-ring (bicyclic) bond motifs is 1. The van der Waals surface area contributed by atoms with Crippen LogP contribution in [0.5, 0.6) is 5.75 Å². The maximum atomic E-state index is 14.0. The molecule has 4 heteroatoms. The number of nitrogens with zero attached hydrogens (tertiary/aromatic N) is 1. The molecule has 2 aromatic rings. The van der Waals surface area contributed by atoms with Crippen molar-refractivity contribution < 1.29 is 13.9 Å². The van der Waals surface area contributed by atoms with E-state index < -0.39 is 5.82 Å². The highest BCUT2D eigenvalue weighted by molar-refractivity contribution is 5.93. The van der Waals surface area contributed by atoms with Crippen molar-refractivity contribution in [2.45, 2.75) is 19.8 Å². The molecule has 0 heterocycles. The fourth-order valence-electron chi connectivity index (χ4n) is 2.52. The van der Waals surface area contributed by atoms with Crippen molar-refractivity contribution in [2.75, 3.05) is 20.6 Å². The van der Waals surface area contributed by atoms with E-state index in [4.69, 9.17) is 11.2 Å². The number of terminal acetylenes is 1. The number of hydrogen-bond donors (Lipinski definition) is 0. The van der Waals surface area contributed by atoms with Crippen molar-refractivity contribution in [3.63, 3.8) is 0 Å². The zero-order chi connectivity index (χ0) is 17.1. The zero-order valence-electron chi connectivity index (χ0n) is 13.8. The minimum Gasteiger partial charge on any atom is -0.426 e. The molecule has 23 heavy (non-hydrogen) atoms. The standard InChI is InChI=1S/C19H20FNO2/c1-6-15-17(20)8-7-13-9-14(23-18(22)11-21(4)5)10-16(12(2)3)19(13)15/h1,7-10,12H,11H2,2-5H3. The summed E-state index contributed by atoms with van der Waals surface area (Å²) in [4.78, 5) is 13.6. The zero-order valence-corrected chi connectivity index (χ0v) is 13.8. The Kier molecular flexibility index (Phi) is 5.02. The summed E-state index contributed by atoms with van der Waals surface area (Å²) in [6.45, 7) is 4.17. The van der Waals surface area contributed by atoms with Gasteiger partial charge in [-0.2, -0.15) is 0 Å². The quantitative estimate of drug-likeness (QED) is 0.491. The summed E-state index contributed by atoms with van der Waals surface area (Å²) in [6, 6.07) is 6.48. The van der Waals surface area contributed by atoms with Crippen molar-refractivity contribution in [2.24, 2.45) is 0 Å². The highest BCUT2D eigenvalue weighted by Crippen LogP contribution is 2.33. The predicted octanol–water partition coefficient (Wildman–Crippen LogP) is 3.55. The number of carbonyl (C=O) groups is 1. The molecule has 0 amide bonds. The lowest BCUT2D eigenvalue weighted by atomic mass is 9.92. The Morgan fingerprint density at radius 2 is 2.04 bits per heavy atom. The van der Waals surface area contributed by atoms with Gasteiger partial charge in [-0.3, -0.25) is 9.69 Å². The van der Waals surface area contributed by atoms with Gasteiger partial charge in [0.1, 0.15) is 11.6 Å². The summed E-state index contributed by atoms with van der Waals surface area (Å²) in [5.41, 5.74) is 1.11. The summed E-state index contributed by atoms with van der Waals surface area (Å²) in [5, 5.41) is 1.47. The van der Waals surface area contributed by atoms with Crippen molar-refractivity contribution in [1.29, 1.82) is 0 Å². The van der Waals surface area contributed by atoms with E-state index >= 15 is 0 Å². The molecule has 0 aromatic heterocycles. The Morgan fingerprint density at radius 3 is 2.61 bits per heavy atom. The van der Waals surface area contributed by atoms with Gasteiger partial charge in [-0.05, 0) is 49.2 Å². The van der Waals surface area contributed by atoms with Crippen LogP contribution in [0.4, 0.5) is 4.39 Å². The number of likely N-dealkylation sites (N-methyl/N-ethyl adjacent to an activating group) is 1. The van der Waals surface area contributed by atoms with Gasteiger partial charge < -0.3 is 4.74 Å². The third-order valence-electron chi connectivity index (χ3n) is 3.51. The lowest BCUT2D eigenvalue weighted by Crippen LogP contribution is -2.25. The van der Waals surface area contributed by atoms with Crippen LogP contribution < -0.4 is 4.74 Å². The summed E-state index contributed by atoms with van der Waals surface area (Å²) in [5.74, 6) is 2.23. The lowest BCUT2D eigenvalue weighted by Gasteiger charge is -2.16. The number of benzene rings is 2. The molecule has 0 aliphatic rings. The van der Waals surface area contributed by atoms with E-state index in [1.165, 1.54) is 6.07 Å². The van der Waals surface area contributed by atoms with Gasteiger partial charge in [0.25, 0.3) is 0 Å². The van der Waals surface area contributed by atoms with E-state index in [1.54, 1.807) is 37.2 Å². The minimum absolute atomic E-state index is 0.110. The maximum absolute atomic E-state index is 14.0. The smallest absolute Gasteiger partial charge is 0.325 e. The number of rotatable bonds is 4. The number of ether oxygens (including phenoxy) is 1. The molecule has 0 saturated heterocycles. The molecule has 120 valence electrons. The van der Waals surface area contributed by atoms with Crippen LogP contribution in [0, 0.1) is 18.2 Å². The molecule has 0 N–H and O–H groups in total. The second-order valence-electron chi connectivity index (χ2n) is 6.04. The van der Waals surface area contributed by atoms with Gasteiger partial charge in [0, 0.05) is 5.39 Å². The Labute approximate surface area is 136 Å². The number of hydrogen-bond acceptors (Lipinski definition) is 3. The Hall–Kier alpha value is -2.38. The van der Waals surface area contributed by atoms with Crippen molar-refractivity contribution in [3.8, 4) is 18.1 Å². The molecule has 0 atom stereocenters. The fourth-order valence-corrected chi connectivity index (χ4v) is 2.52. The second-order valence-corrected chi connectivity index (χ2v) is 6.04. The van der Waals surface area contributed by atoms with Crippen LogP contribution in [-0.2, 0) is 4.79 Å². The van der Waals surface area contributed by atoms with Crippen LogP contribution in [0.15, 0.2) is 24.3 Å². The first-order valence-electron chi connectivity index (χ1n) is 7.41. The average Bonchev–Trinajstić information content (AvgIpc) is 2.45. The van der Waals surface area contributed by atoms with Gasteiger partial charge >= 0.3 is 5.97 Å². The van der Waals surface area contributed by atoms with Gasteiger partial charge in [-0.1, -0.05) is 25.8 Å². The van der Waals surface area contributed by atoms with Crippen LogP contribution in [-0.4, -0.2) is 31.5 Å². The fraction of sp³-hybridized carbons (Fsp3) is 0.316. The summed E-state index contributed by atoms with van der Waals surface area (Å²) in [6.07, 6.45) is 5.48. The SMILES string of the molecule is C#Cc1c(F)ccc2cc(OC(=O)CN(C)C)cc(C(C)C)c12. The summed E-state index contributed by atoms with van der Waals surface area (Å²) >= 11 is 0. The number of carbonyl (C=O) groups excluding carboxylic acids is 1. The average molecular weight is 313 g/mol. The van der Waals surface area contributed by atoms with E-state index in [9.17, 15) is 9.18 Å². The first-order chi connectivity index (χ1) is 10.8. The van der Waals surface area contributed by atoms with Crippen LogP contribution in [0.3, 0.4) is 0 Å². The maximum Gasteiger partial charge on any atom is 0.325 e. The molecule has 0 unspecified atom stereocenters. The van der Waals surface area contributed by atoms with Crippen LogP contribution in [0.2, 0.25) is 0 Å². The molecule has 0 spiro atoms. The largest absolute Gasteiger partial charge is 0.426 e. The van der Waals surface area contributed by atoms with E-state index in [2.05, 4.69) is 5.92 Å². The number of esters is 1. The highest BCUT2D eigenvalue weighted by atomic mass is 19.1. The lowest BCUT2D eigenvalue weighted by molar-refractivity contribution is -0.135. The molecule has 2 aromatic carbocycles. The van der Waals surface area contributed by atoms with Crippen molar-refractivity contribution >= 4 is 16.7 Å². The van der Waals surface area contributed by atoms with Crippen molar-refractivity contribution in [3.05, 3.63) is 41.2 Å². The molecule has 0 fully saturated rings. The molecular weight excluding hydrogens is 293 g/mol. The molecule has 0 saturated carbocycles. The molecule has 0 radical (unpaired) electrons. The molecule has 2 rings (SSSR count). The normalized spacial score (nSPS) is 11.0. The first kappa shape index (κ1) is 17.0. The van der Waals surface area contributed by atoms with E-state index in [-0.39, 0.29) is 24.0 Å². The third-order valence-corrected chi connectivity index (χ3v) is 3.51. The highest BCUT2D eigenvalue weighted by Gasteiger charge is 2.16. The number of halogens is 1. The molecule has 3 nitrogen and oxygen atoms in total. The van der Waals surface area contributed by atoms with Crippen LogP contribution >= 0.6 is 0 Å². The van der Waals surface area contributed by atoms with Gasteiger partial charge in [-0.15, -0.1) is 6.42 Å². The third kappa shape index (κ3) is 3.69. The molecular formula is C19H20FNO2. The van der Waals surface area contributed by atoms with Gasteiger partial charge in [0.05, 0.1) is 12.1 Å². The first-order valence-corrected chi connectivity index (χ1v) is 7.41. The Bertz CT molecular complexity index is 788. The predicted molar refractivity (Wildman–Crippen MR) is 90.1 cm³/mol. The van der Waals surface area contributed by atoms with E-state index in [1.807, 2.05) is 13.8 Å². The van der Waals surface area contributed by atoms with E-state index in [0.717, 1.165) is 10.9 Å². The van der Waals surface area contributed by atoms with Gasteiger partial charge in [0.2, 0.25) is 0 Å². The molecule has 0 bridgehead atoms. The van der Waals surface area contributed by atoms with Gasteiger partial charge in [0.15, 0.2) is 0 Å². The van der Waals surface area contributed by atoms with Crippen LogP contribution in [0.1, 0.15) is 30.9 Å². The van der Waals surface area contributed by atoms with Crippen LogP contribution in [0.25, 0.3) is 10.8 Å². The van der Waals surface area contributed by atoms with Crippen molar-refractivity contribution in [1.82, 2.24) is 4.90 Å². The Balaban J connectivity index is 2.58. The Morgan fingerprint density at radius 1 is 1.35 bits per heavy atom. The summed E-state index contributed by atoms with van der Waals surface area (Å²) < 4.78 is 19.4.